The van der Waals surface area contributed by atoms with Crippen molar-refractivity contribution in [2.75, 3.05) is 0 Å². The minimum Gasteiger partial charge on any atom is -0.544 e. The lowest BCUT2D eigenvalue weighted by Gasteiger charge is -2.28. The molecule has 0 fully saturated rings. The minimum atomic E-state index is -0.987. The summed E-state index contributed by atoms with van der Waals surface area (Å²) in [6.45, 7) is 0. The van der Waals surface area contributed by atoms with Crippen LogP contribution in [-0.2, 0) is 17.6 Å². The van der Waals surface area contributed by atoms with Crippen LogP contribution in [0.1, 0.15) is 22.9 Å². The summed E-state index contributed by atoms with van der Waals surface area (Å²) in [6, 6.07) is 17.8. The van der Waals surface area contributed by atoms with Gasteiger partial charge in [0.25, 0.3) is 0 Å². The van der Waals surface area contributed by atoms with Gasteiger partial charge in [0, 0.05) is 23.7 Å². The number of carbonyl (C=O) groups is 1. The number of nitrogens with two attached hydrogens (primary N) is 1. The molecule has 0 saturated heterocycles. The summed E-state index contributed by atoms with van der Waals surface area (Å²) in [5, 5.41) is 14.5. The molecule has 3 aromatic rings. The fourth-order valence-corrected chi connectivity index (χ4v) is 3.62. The number of aliphatic carboxylic acids is 1. The Hall–Kier alpha value is -2.59. The fourth-order valence-electron chi connectivity index (χ4n) is 3.62. The van der Waals surface area contributed by atoms with E-state index in [1.807, 2.05) is 41.7 Å². The highest BCUT2D eigenvalue weighted by atomic mass is 16.4. The van der Waals surface area contributed by atoms with Gasteiger partial charge in [0.05, 0.1) is 11.7 Å². The third-order valence-electron chi connectivity index (χ3n) is 4.71. The maximum Gasteiger partial charge on any atom is 0.131 e. The van der Waals surface area contributed by atoms with Crippen molar-refractivity contribution in [3.05, 3.63) is 71.4 Å². The summed E-state index contributed by atoms with van der Waals surface area (Å²) >= 11 is 0. The third-order valence-corrected chi connectivity index (χ3v) is 4.71. The topological polar surface area (TPSA) is 72.5 Å². The zero-order chi connectivity index (χ0) is 15.8. The third kappa shape index (κ3) is 2.51. The van der Waals surface area contributed by atoms with Crippen molar-refractivity contribution in [1.29, 1.82) is 0 Å². The van der Waals surface area contributed by atoms with E-state index in [0.29, 0.717) is 6.42 Å². The molecule has 2 aromatic carbocycles. The highest BCUT2D eigenvalue weighted by molar-refractivity contribution is 5.86. The largest absolute Gasteiger partial charge is 0.544 e. The molecule has 4 nitrogen and oxygen atoms in total. The Kier molecular flexibility index (Phi) is 3.39. The first kappa shape index (κ1) is 14.0. The van der Waals surface area contributed by atoms with Gasteiger partial charge in [-0.05, 0) is 17.2 Å². The molecule has 116 valence electrons. The molecule has 1 aliphatic rings. The van der Waals surface area contributed by atoms with Gasteiger partial charge in [-0.2, -0.15) is 0 Å². The second-order valence-corrected chi connectivity index (χ2v) is 6.18. The van der Waals surface area contributed by atoms with Crippen molar-refractivity contribution in [1.82, 2.24) is 4.98 Å². The second-order valence-electron chi connectivity index (χ2n) is 6.18. The summed E-state index contributed by atoms with van der Waals surface area (Å²) in [7, 11) is 0. The van der Waals surface area contributed by atoms with Gasteiger partial charge in [0.15, 0.2) is 0 Å². The van der Waals surface area contributed by atoms with Crippen molar-refractivity contribution in [2.45, 2.75) is 24.9 Å². The summed E-state index contributed by atoms with van der Waals surface area (Å²) < 4.78 is 0. The number of aromatic amines is 1. The molecular formula is C19H18N2O2. The van der Waals surface area contributed by atoms with Gasteiger partial charge >= 0.3 is 0 Å². The molecule has 0 bridgehead atoms. The number of fused-ring (bicyclic) bond motifs is 3. The molecule has 0 unspecified atom stereocenters. The minimum absolute atomic E-state index is 0.0662. The maximum atomic E-state index is 11.5. The highest BCUT2D eigenvalue weighted by Crippen LogP contribution is 2.30. The van der Waals surface area contributed by atoms with E-state index in [0.717, 1.165) is 28.6 Å². The number of rotatable bonds is 3. The van der Waals surface area contributed by atoms with Crippen LogP contribution in [-0.4, -0.2) is 17.0 Å². The first-order valence-electron chi connectivity index (χ1n) is 7.91. The first-order valence-corrected chi connectivity index (χ1v) is 7.91. The number of carboxylic acids is 1. The van der Waals surface area contributed by atoms with E-state index in [1.54, 1.807) is 0 Å². The molecule has 23 heavy (non-hydrogen) atoms. The SMILES string of the molecule is O=C([O-])[C@@H]1Cc2c([nH]c3ccccc23)[C@H](Cc2ccccc2)[NH2+]1. The van der Waals surface area contributed by atoms with Gasteiger partial charge in [-0.1, -0.05) is 48.5 Å². The van der Waals surface area contributed by atoms with E-state index in [9.17, 15) is 9.90 Å². The number of aromatic nitrogens is 1. The van der Waals surface area contributed by atoms with Crippen LogP contribution < -0.4 is 10.4 Å². The van der Waals surface area contributed by atoms with Gasteiger partial charge in [0.1, 0.15) is 12.1 Å². The lowest BCUT2D eigenvalue weighted by molar-refractivity contribution is -0.725. The van der Waals surface area contributed by atoms with Crippen LogP contribution in [0.3, 0.4) is 0 Å². The monoisotopic (exact) mass is 306 g/mol. The molecule has 4 rings (SSSR count). The molecular weight excluding hydrogens is 288 g/mol. The lowest BCUT2D eigenvalue weighted by Crippen LogP contribution is -2.95. The van der Waals surface area contributed by atoms with E-state index in [2.05, 4.69) is 23.2 Å². The molecule has 2 heterocycles. The Morgan fingerprint density at radius 2 is 1.87 bits per heavy atom. The molecule has 0 saturated carbocycles. The van der Waals surface area contributed by atoms with Crippen LogP contribution in [0.4, 0.5) is 0 Å². The Balaban J connectivity index is 1.78. The summed E-state index contributed by atoms with van der Waals surface area (Å²) in [5.74, 6) is -0.987. The molecule has 0 aliphatic carbocycles. The average Bonchev–Trinajstić information content (AvgIpc) is 2.95. The summed E-state index contributed by atoms with van der Waals surface area (Å²) in [6.07, 6.45) is 1.30. The fraction of sp³-hybridized carbons (Fsp3) is 0.211. The Bertz CT molecular complexity index is 854. The zero-order valence-electron chi connectivity index (χ0n) is 12.7. The second kappa shape index (κ2) is 5.56. The van der Waals surface area contributed by atoms with E-state index < -0.39 is 12.0 Å². The van der Waals surface area contributed by atoms with Gasteiger partial charge in [-0.15, -0.1) is 0 Å². The number of carboxylic acid groups (broad SMARTS) is 1. The predicted octanol–water partition coefficient (Wildman–Crippen LogP) is 0.690. The van der Waals surface area contributed by atoms with E-state index >= 15 is 0 Å². The van der Waals surface area contributed by atoms with Crippen LogP contribution in [0, 0.1) is 0 Å². The number of para-hydroxylation sites is 1. The Labute approximate surface area is 134 Å². The molecule has 0 spiro atoms. The molecule has 1 aliphatic heterocycles. The van der Waals surface area contributed by atoms with Crippen molar-refractivity contribution in [2.24, 2.45) is 0 Å². The van der Waals surface area contributed by atoms with Gasteiger partial charge in [-0.25, -0.2) is 0 Å². The molecule has 0 amide bonds. The van der Waals surface area contributed by atoms with Crippen LogP contribution in [0.5, 0.6) is 0 Å². The van der Waals surface area contributed by atoms with Gasteiger partial charge in [0.2, 0.25) is 0 Å². The Morgan fingerprint density at radius 3 is 2.65 bits per heavy atom. The number of hydrogen-bond donors (Lipinski definition) is 2. The number of benzene rings is 2. The van der Waals surface area contributed by atoms with Gasteiger partial charge < -0.3 is 20.2 Å². The van der Waals surface area contributed by atoms with Crippen molar-refractivity contribution < 1.29 is 15.2 Å². The van der Waals surface area contributed by atoms with Gasteiger partial charge in [-0.3, -0.25) is 0 Å². The lowest BCUT2D eigenvalue weighted by atomic mass is 9.91. The first-order chi connectivity index (χ1) is 11.2. The quantitative estimate of drug-likeness (QED) is 0.747. The average molecular weight is 306 g/mol. The molecule has 2 atom stereocenters. The van der Waals surface area contributed by atoms with E-state index in [4.69, 9.17) is 0 Å². The van der Waals surface area contributed by atoms with Crippen LogP contribution >= 0.6 is 0 Å². The Morgan fingerprint density at radius 1 is 1.13 bits per heavy atom. The van der Waals surface area contributed by atoms with Crippen molar-refractivity contribution in [3.8, 4) is 0 Å². The number of quaternary nitrogens is 1. The standard InChI is InChI=1S/C19H18N2O2/c22-19(23)17-11-14-13-8-4-5-9-15(13)21-18(14)16(20-17)10-12-6-2-1-3-7-12/h1-9,16-17,20-21H,10-11H2,(H,22,23)/t16-,17-/m0/s1. The van der Waals surface area contributed by atoms with Crippen LogP contribution in [0.25, 0.3) is 10.9 Å². The number of nitrogens with one attached hydrogen (secondary N) is 1. The molecule has 4 heteroatoms. The van der Waals surface area contributed by atoms with Crippen LogP contribution in [0.2, 0.25) is 0 Å². The van der Waals surface area contributed by atoms with E-state index in [1.165, 1.54) is 5.56 Å². The summed E-state index contributed by atoms with van der Waals surface area (Å²) in [4.78, 5) is 15.0. The normalized spacial score (nSPS) is 20.3. The van der Waals surface area contributed by atoms with E-state index in [-0.39, 0.29) is 6.04 Å². The number of carbonyl (C=O) groups excluding carboxylic acids is 1. The molecule has 3 N–H and O–H groups in total. The number of hydrogen-bond acceptors (Lipinski definition) is 2. The zero-order valence-corrected chi connectivity index (χ0v) is 12.7. The van der Waals surface area contributed by atoms with Crippen LogP contribution in [0.15, 0.2) is 54.6 Å². The molecule has 0 radical (unpaired) electrons. The number of H-pyrrole nitrogens is 1. The maximum absolute atomic E-state index is 11.5. The van der Waals surface area contributed by atoms with Crippen molar-refractivity contribution in [3.63, 3.8) is 0 Å². The van der Waals surface area contributed by atoms with Crippen molar-refractivity contribution >= 4 is 16.9 Å². The highest BCUT2D eigenvalue weighted by Gasteiger charge is 2.33. The predicted molar refractivity (Wildman–Crippen MR) is 85.6 cm³/mol. The molecule has 1 aromatic heterocycles. The smallest absolute Gasteiger partial charge is 0.131 e. The summed E-state index contributed by atoms with van der Waals surface area (Å²) in [5.41, 5.74) is 4.55.